The van der Waals surface area contributed by atoms with Crippen molar-refractivity contribution in [2.45, 2.75) is 57.7 Å². The number of piperidine rings is 1. The number of aromatic nitrogens is 4. The highest BCUT2D eigenvalue weighted by molar-refractivity contribution is 5.94. The SMILES string of the molecule is CC(COc1ncc(F)cc1C12CC1CCN2c1ccn2ncc(C(=O)O)c2n1)NC(=O)OC(C)(C)C. The number of nitrogens with zero attached hydrogens (tertiary/aromatic N) is 5. The van der Waals surface area contributed by atoms with E-state index in [2.05, 4.69) is 25.3 Å². The van der Waals surface area contributed by atoms with Gasteiger partial charge in [0, 0.05) is 18.3 Å². The lowest BCUT2D eigenvalue weighted by Crippen LogP contribution is -2.40. The monoisotopic (exact) mass is 512 g/mol. The molecule has 3 aromatic rings. The molecule has 0 radical (unpaired) electrons. The summed E-state index contributed by atoms with van der Waals surface area (Å²) in [5.41, 5.74) is -0.346. The average molecular weight is 513 g/mol. The summed E-state index contributed by atoms with van der Waals surface area (Å²) in [6, 6.07) is 2.82. The number of rotatable bonds is 7. The summed E-state index contributed by atoms with van der Waals surface area (Å²) in [4.78, 5) is 34.6. The van der Waals surface area contributed by atoms with E-state index >= 15 is 0 Å². The Morgan fingerprint density at radius 2 is 2.14 bits per heavy atom. The summed E-state index contributed by atoms with van der Waals surface area (Å²) < 4.78 is 27.1. The van der Waals surface area contributed by atoms with Crippen LogP contribution in [0, 0.1) is 11.7 Å². The van der Waals surface area contributed by atoms with Crippen LogP contribution in [0.3, 0.4) is 0 Å². The van der Waals surface area contributed by atoms with Crippen LogP contribution in [0.15, 0.2) is 30.7 Å². The lowest BCUT2D eigenvalue weighted by Gasteiger charge is -2.31. The summed E-state index contributed by atoms with van der Waals surface area (Å²) in [7, 11) is 0. The quantitative estimate of drug-likeness (QED) is 0.489. The predicted octanol–water partition coefficient (Wildman–Crippen LogP) is 3.38. The second-order valence-electron chi connectivity index (χ2n) is 10.5. The second-order valence-corrected chi connectivity index (χ2v) is 10.5. The van der Waals surface area contributed by atoms with Crippen LogP contribution < -0.4 is 15.0 Å². The highest BCUT2D eigenvalue weighted by Gasteiger charge is 2.65. The van der Waals surface area contributed by atoms with E-state index in [0.717, 1.165) is 19.0 Å². The van der Waals surface area contributed by atoms with Crippen LogP contribution in [-0.2, 0) is 10.3 Å². The zero-order chi connectivity index (χ0) is 26.5. The molecule has 3 aromatic heterocycles. The van der Waals surface area contributed by atoms with Crippen LogP contribution in [0.1, 0.15) is 56.5 Å². The fraction of sp³-hybridized carbons (Fsp3) is 0.480. The minimum Gasteiger partial charge on any atom is -0.477 e. The maximum absolute atomic E-state index is 14.5. The number of carboxylic acid groups (broad SMARTS) is 1. The molecule has 12 heteroatoms. The minimum atomic E-state index is -1.11. The van der Waals surface area contributed by atoms with Gasteiger partial charge in [0.1, 0.15) is 29.4 Å². The first-order chi connectivity index (χ1) is 17.5. The molecule has 37 heavy (non-hydrogen) atoms. The van der Waals surface area contributed by atoms with E-state index in [1.54, 1.807) is 40.0 Å². The van der Waals surface area contributed by atoms with Crippen LogP contribution in [0.5, 0.6) is 5.88 Å². The Bertz CT molecular complexity index is 1370. The molecule has 1 saturated heterocycles. The van der Waals surface area contributed by atoms with Gasteiger partial charge in [-0.1, -0.05) is 0 Å². The predicted molar refractivity (Wildman–Crippen MR) is 130 cm³/mol. The number of fused-ring (bicyclic) bond motifs is 2. The molecule has 1 amide bonds. The number of pyridine rings is 1. The van der Waals surface area contributed by atoms with Gasteiger partial charge in [-0.05, 0) is 58.6 Å². The molecule has 1 saturated carbocycles. The van der Waals surface area contributed by atoms with Gasteiger partial charge >= 0.3 is 12.1 Å². The molecule has 2 fully saturated rings. The minimum absolute atomic E-state index is 0.00497. The van der Waals surface area contributed by atoms with Crippen molar-refractivity contribution in [3.05, 3.63) is 47.7 Å². The molecule has 1 aliphatic heterocycles. The number of carbonyl (C=O) groups is 2. The molecule has 1 aliphatic carbocycles. The standard InChI is InChI=1S/C25H29FN6O5/c1-14(29-23(35)37-24(2,3)4)13-36-21-18(9-16(26)11-27-21)25-10-15(25)5-7-31(25)19-6-8-32-20(30-19)17(12-28-32)22(33)34/h6,8-9,11-12,14-15H,5,7,10,13H2,1-4H3,(H,29,35)(H,33,34). The number of carboxylic acids is 1. The normalized spacial score (nSPS) is 21.4. The Hall–Kier alpha value is -3.96. The zero-order valence-corrected chi connectivity index (χ0v) is 21.1. The summed E-state index contributed by atoms with van der Waals surface area (Å²) in [6.07, 6.45) is 5.11. The Morgan fingerprint density at radius 3 is 2.84 bits per heavy atom. The van der Waals surface area contributed by atoms with E-state index in [-0.39, 0.29) is 35.7 Å². The molecule has 2 N–H and O–H groups in total. The van der Waals surface area contributed by atoms with E-state index in [1.807, 2.05) is 0 Å². The van der Waals surface area contributed by atoms with Crippen molar-refractivity contribution >= 4 is 23.5 Å². The maximum Gasteiger partial charge on any atom is 0.407 e. The third-order valence-electron chi connectivity index (χ3n) is 6.63. The highest BCUT2D eigenvalue weighted by Crippen LogP contribution is 2.64. The third-order valence-corrected chi connectivity index (χ3v) is 6.63. The van der Waals surface area contributed by atoms with Crippen molar-refractivity contribution in [3.8, 4) is 5.88 Å². The van der Waals surface area contributed by atoms with Gasteiger partial charge < -0.3 is 24.8 Å². The van der Waals surface area contributed by atoms with Gasteiger partial charge in [-0.3, -0.25) is 0 Å². The number of ether oxygens (including phenoxy) is 2. The molecule has 0 aromatic carbocycles. The van der Waals surface area contributed by atoms with Crippen molar-refractivity contribution in [3.63, 3.8) is 0 Å². The number of alkyl carbamates (subject to hydrolysis) is 1. The molecule has 2 aliphatic rings. The van der Waals surface area contributed by atoms with Crippen LogP contribution >= 0.6 is 0 Å². The van der Waals surface area contributed by atoms with Crippen LogP contribution in [0.4, 0.5) is 15.0 Å². The fourth-order valence-electron chi connectivity index (χ4n) is 5.03. The van der Waals surface area contributed by atoms with Crippen molar-refractivity contribution in [2.24, 2.45) is 5.92 Å². The lowest BCUT2D eigenvalue weighted by molar-refractivity contribution is 0.0492. The molecule has 3 atom stereocenters. The van der Waals surface area contributed by atoms with Gasteiger partial charge in [-0.25, -0.2) is 28.5 Å². The van der Waals surface area contributed by atoms with Gasteiger partial charge in [0.2, 0.25) is 5.88 Å². The van der Waals surface area contributed by atoms with Gasteiger partial charge in [0.15, 0.2) is 5.65 Å². The Balaban J connectivity index is 1.40. The molecular weight excluding hydrogens is 483 g/mol. The number of carbonyl (C=O) groups excluding carboxylic acids is 1. The van der Waals surface area contributed by atoms with Crippen molar-refractivity contribution in [1.82, 2.24) is 24.9 Å². The molecule has 0 spiro atoms. The zero-order valence-electron chi connectivity index (χ0n) is 21.1. The molecule has 0 bridgehead atoms. The molecule has 5 rings (SSSR count). The maximum atomic E-state index is 14.5. The summed E-state index contributed by atoms with van der Waals surface area (Å²) >= 11 is 0. The highest BCUT2D eigenvalue weighted by atomic mass is 19.1. The number of halogens is 1. The molecular formula is C25H29FN6O5. The van der Waals surface area contributed by atoms with Crippen molar-refractivity contribution in [2.75, 3.05) is 18.1 Å². The summed E-state index contributed by atoms with van der Waals surface area (Å²) in [5.74, 6) is -0.491. The average Bonchev–Trinajstić information content (AvgIpc) is 3.18. The van der Waals surface area contributed by atoms with Crippen LogP contribution in [0.2, 0.25) is 0 Å². The van der Waals surface area contributed by atoms with E-state index in [4.69, 9.17) is 9.47 Å². The van der Waals surface area contributed by atoms with E-state index in [9.17, 15) is 19.1 Å². The fourth-order valence-corrected chi connectivity index (χ4v) is 5.03. The number of anilines is 1. The first kappa shape index (κ1) is 24.7. The number of hydrogen-bond donors (Lipinski definition) is 2. The lowest BCUT2D eigenvalue weighted by atomic mass is 10.0. The van der Waals surface area contributed by atoms with E-state index in [0.29, 0.717) is 17.9 Å². The van der Waals surface area contributed by atoms with Crippen LogP contribution in [0.25, 0.3) is 5.65 Å². The Kier molecular flexibility index (Phi) is 5.92. The van der Waals surface area contributed by atoms with Gasteiger partial charge in [-0.15, -0.1) is 0 Å². The molecule has 4 heterocycles. The topological polar surface area (TPSA) is 131 Å². The molecule has 196 valence electrons. The van der Waals surface area contributed by atoms with Gasteiger partial charge in [-0.2, -0.15) is 5.10 Å². The first-order valence-electron chi connectivity index (χ1n) is 12.1. The van der Waals surface area contributed by atoms with Crippen LogP contribution in [-0.4, -0.2) is 61.5 Å². The van der Waals surface area contributed by atoms with Gasteiger partial charge in [0.05, 0.1) is 24.0 Å². The van der Waals surface area contributed by atoms with Gasteiger partial charge in [0.25, 0.3) is 0 Å². The largest absolute Gasteiger partial charge is 0.477 e. The Morgan fingerprint density at radius 1 is 1.35 bits per heavy atom. The summed E-state index contributed by atoms with van der Waals surface area (Å²) in [5, 5.41) is 16.3. The number of amides is 1. The Labute approximate surface area is 212 Å². The smallest absolute Gasteiger partial charge is 0.407 e. The van der Waals surface area contributed by atoms with Crippen molar-refractivity contribution in [1.29, 1.82) is 0 Å². The van der Waals surface area contributed by atoms with Crippen molar-refractivity contribution < 1.29 is 28.6 Å². The first-order valence-corrected chi connectivity index (χ1v) is 12.1. The number of nitrogens with one attached hydrogen (secondary N) is 1. The molecule has 3 unspecified atom stereocenters. The second kappa shape index (κ2) is 8.86. The molecule has 11 nitrogen and oxygen atoms in total. The van der Waals surface area contributed by atoms with E-state index in [1.165, 1.54) is 16.8 Å². The third kappa shape index (κ3) is 4.63. The van der Waals surface area contributed by atoms with E-state index < -0.39 is 29.0 Å². The number of aromatic carboxylic acids is 1. The summed E-state index contributed by atoms with van der Waals surface area (Å²) in [6.45, 7) is 7.89. The number of hydrogen-bond acceptors (Lipinski definition) is 8.